The van der Waals surface area contributed by atoms with Crippen molar-refractivity contribution in [2.45, 2.75) is 19.8 Å². The van der Waals surface area contributed by atoms with Gasteiger partial charge in [-0.3, -0.25) is 9.59 Å². The van der Waals surface area contributed by atoms with Crippen molar-refractivity contribution in [2.24, 2.45) is 0 Å². The molecular formula is C21H17NO6S. The van der Waals surface area contributed by atoms with Crippen LogP contribution < -0.4 is 14.2 Å². The molecule has 3 heterocycles. The van der Waals surface area contributed by atoms with Crippen molar-refractivity contribution >= 4 is 29.2 Å². The van der Waals surface area contributed by atoms with Gasteiger partial charge in [-0.25, -0.2) is 0 Å². The van der Waals surface area contributed by atoms with Gasteiger partial charge in [0.05, 0.1) is 19.1 Å². The molecule has 0 saturated heterocycles. The largest absolute Gasteiger partial charge is 0.479 e. The van der Waals surface area contributed by atoms with Gasteiger partial charge in [-0.2, -0.15) is 0 Å². The number of hydrogen-bond acceptors (Lipinski definition) is 8. The Balaban J connectivity index is 1.45. The summed E-state index contributed by atoms with van der Waals surface area (Å²) in [7, 11) is 1.49. The van der Waals surface area contributed by atoms with Crippen molar-refractivity contribution in [1.82, 2.24) is 5.16 Å². The lowest BCUT2D eigenvalue weighted by molar-refractivity contribution is -0.134. The number of esters is 1. The first kappa shape index (κ1) is 18.9. The van der Waals surface area contributed by atoms with Crippen LogP contribution in [-0.2, 0) is 11.2 Å². The SMILES string of the molecule is COc1cc(CCC(=O)Oc2cc(C)c3c(c2)O/C(=C\c2cccs2)C3=O)on1. The number of ketones is 1. The Hall–Kier alpha value is -3.39. The van der Waals surface area contributed by atoms with Gasteiger partial charge in [0.2, 0.25) is 5.78 Å². The molecule has 2 aromatic heterocycles. The average molecular weight is 411 g/mol. The third kappa shape index (κ3) is 4.07. The zero-order valence-electron chi connectivity index (χ0n) is 15.8. The van der Waals surface area contributed by atoms with Gasteiger partial charge >= 0.3 is 5.97 Å². The normalized spacial score (nSPS) is 14.0. The molecule has 8 heteroatoms. The van der Waals surface area contributed by atoms with E-state index in [0.29, 0.717) is 40.7 Å². The maximum absolute atomic E-state index is 12.6. The van der Waals surface area contributed by atoms with E-state index in [2.05, 4.69) is 5.16 Å². The zero-order chi connectivity index (χ0) is 20.4. The molecule has 7 nitrogen and oxygen atoms in total. The Morgan fingerprint density at radius 1 is 1.31 bits per heavy atom. The highest BCUT2D eigenvalue weighted by molar-refractivity contribution is 7.10. The first-order chi connectivity index (χ1) is 14.0. The molecule has 0 atom stereocenters. The number of nitrogens with zero attached hydrogens (tertiary/aromatic N) is 1. The van der Waals surface area contributed by atoms with Gasteiger partial charge in [0.15, 0.2) is 5.76 Å². The third-order valence-electron chi connectivity index (χ3n) is 4.31. The molecule has 0 amide bonds. The number of thiophene rings is 1. The van der Waals surface area contributed by atoms with Crippen LogP contribution in [0.1, 0.15) is 33.0 Å². The summed E-state index contributed by atoms with van der Waals surface area (Å²) in [5, 5.41) is 5.61. The predicted octanol–water partition coefficient (Wildman–Crippen LogP) is 4.21. The molecule has 1 aliphatic rings. The Bertz CT molecular complexity index is 1100. The molecule has 0 spiro atoms. The standard InChI is InChI=1S/C21H17NO6S/c1-12-8-14(26-19(23)6-5-13-10-18(25-2)22-28-13)9-16-20(12)21(24)17(27-16)11-15-4-3-7-29-15/h3-4,7-11H,5-6H2,1-2H3/b17-11-. The van der Waals surface area contributed by atoms with Crippen LogP contribution in [0.5, 0.6) is 17.4 Å². The van der Waals surface area contributed by atoms with Crippen LogP contribution >= 0.6 is 11.3 Å². The molecule has 3 aromatic rings. The Morgan fingerprint density at radius 2 is 2.17 bits per heavy atom. The number of aryl methyl sites for hydroxylation is 2. The number of methoxy groups -OCH3 is 1. The van der Waals surface area contributed by atoms with Gasteiger partial charge in [0, 0.05) is 29.5 Å². The van der Waals surface area contributed by atoms with Crippen LogP contribution in [0, 0.1) is 6.92 Å². The third-order valence-corrected chi connectivity index (χ3v) is 5.13. The van der Waals surface area contributed by atoms with Crippen molar-refractivity contribution in [2.75, 3.05) is 7.11 Å². The molecule has 1 aliphatic heterocycles. The van der Waals surface area contributed by atoms with E-state index in [1.54, 1.807) is 31.2 Å². The predicted molar refractivity (Wildman–Crippen MR) is 105 cm³/mol. The first-order valence-electron chi connectivity index (χ1n) is 8.86. The number of hydrogen-bond donors (Lipinski definition) is 0. The van der Waals surface area contributed by atoms with E-state index in [0.717, 1.165) is 4.88 Å². The summed E-state index contributed by atoms with van der Waals surface area (Å²) in [6, 6.07) is 8.64. The highest BCUT2D eigenvalue weighted by Gasteiger charge is 2.30. The van der Waals surface area contributed by atoms with Gasteiger partial charge in [0.1, 0.15) is 17.3 Å². The Labute approximate surface area is 170 Å². The van der Waals surface area contributed by atoms with E-state index < -0.39 is 5.97 Å². The second-order valence-electron chi connectivity index (χ2n) is 6.38. The number of aromatic nitrogens is 1. The molecule has 0 saturated carbocycles. The van der Waals surface area contributed by atoms with E-state index in [1.165, 1.54) is 18.4 Å². The highest BCUT2D eigenvalue weighted by Crippen LogP contribution is 2.37. The quantitative estimate of drug-likeness (QED) is 0.341. The van der Waals surface area contributed by atoms with E-state index in [4.69, 9.17) is 18.7 Å². The summed E-state index contributed by atoms with van der Waals surface area (Å²) < 4.78 is 21.1. The Morgan fingerprint density at radius 3 is 2.90 bits per heavy atom. The number of ether oxygens (including phenoxy) is 3. The minimum Gasteiger partial charge on any atom is -0.479 e. The number of fused-ring (bicyclic) bond motifs is 1. The lowest BCUT2D eigenvalue weighted by Crippen LogP contribution is -2.09. The van der Waals surface area contributed by atoms with Gasteiger partial charge in [0.25, 0.3) is 5.88 Å². The highest BCUT2D eigenvalue weighted by atomic mass is 32.1. The van der Waals surface area contributed by atoms with E-state index in [9.17, 15) is 9.59 Å². The second kappa shape index (κ2) is 7.92. The molecule has 148 valence electrons. The maximum Gasteiger partial charge on any atom is 0.311 e. The van der Waals surface area contributed by atoms with Crippen LogP contribution in [0.3, 0.4) is 0 Å². The fourth-order valence-electron chi connectivity index (χ4n) is 2.95. The number of carbonyl (C=O) groups is 2. The fraction of sp³-hybridized carbons (Fsp3) is 0.190. The van der Waals surface area contributed by atoms with Crippen LogP contribution in [0.2, 0.25) is 0 Å². The second-order valence-corrected chi connectivity index (χ2v) is 7.36. The number of allylic oxidation sites excluding steroid dienone is 1. The van der Waals surface area contributed by atoms with Crippen molar-refractivity contribution in [3.8, 4) is 17.4 Å². The molecule has 0 radical (unpaired) electrons. The number of rotatable bonds is 6. The van der Waals surface area contributed by atoms with Gasteiger partial charge in [-0.1, -0.05) is 6.07 Å². The zero-order valence-corrected chi connectivity index (χ0v) is 16.6. The maximum atomic E-state index is 12.6. The molecule has 0 fully saturated rings. The van der Waals surface area contributed by atoms with Crippen LogP contribution in [0.4, 0.5) is 0 Å². The lowest BCUT2D eigenvalue weighted by Gasteiger charge is -2.07. The van der Waals surface area contributed by atoms with Crippen molar-refractivity contribution < 1.29 is 28.3 Å². The number of Topliss-reactive ketones (excluding diaryl/α,β-unsaturated/α-hetero) is 1. The van der Waals surface area contributed by atoms with Crippen LogP contribution in [-0.4, -0.2) is 24.0 Å². The molecule has 4 rings (SSSR count). The van der Waals surface area contributed by atoms with Crippen molar-refractivity contribution in [1.29, 1.82) is 0 Å². The van der Waals surface area contributed by atoms with Gasteiger partial charge < -0.3 is 18.7 Å². The molecular weight excluding hydrogens is 394 g/mol. The summed E-state index contributed by atoms with van der Waals surface area (Å²) in [5.41, 5.74) is 1.17. The number of benzene rings is 1. The molecule has 0 unspecified atom stereocenters. The smallest absolute Gasteiger partial charge is 0.311 e. The van der Waals surface area contributed by atoms with Gasteiger partial charge in [-0.15, -0.1) is 11.3 Å². The molecule has 29 heavy (non-hydrogen) atoms. The topological polar surface area (TPSA) is 87.9 Å². The lowest BCUT2D eigenvalue weighted by atomic mass is 10.0. The monoisotopic (exact) mass is 411 g/mol. The summed E-state index contributed by atoms with van der Waals surface area (Å²) in [5.74, 6) is 1.25. The molecule has 0 aliphatic carbocycles. The van der Waals surface area contributed by atoms with Crippen molar-refractivity contribution in [3.63, 3.8) is 0 Å². The summed E-state index contributed by atoms with van der Waals surface area (Å²) in [6.45, 7) is 1.78. The minimum atomic E-state index is -0.432. The summed E-state index contributed by atoms with van der Waals surface area (Å²) in [6.07, 6.45) is 2.16. The summed E-state index contributed by atoms with van der Waals surface area (Å²) >= 11 is 1.51. The molecule has 0 bridgehead atoms. The minimum absolute atomic E-state index is 0.109. The molecule has 0 N–H and O–H groups in total. The van der Waals surface area contributed by atoms with Crippen LogP contribution in [0.25, 0.3) is 6.08 Å². The molecule has 1 aromatic carbocycles. The van der Waals surface area contributed by atoms with Crippen molar-refractivity contribution in [3.05, 3.63) is 63.2 Å². The average Bonchev–Trinajstić information content (AvgIpc) is 3.42. The Kier molecular flexibility index (Phi) is 5.18. The number of carbonyl (C=O) groups excluding carboxylic acids is 2. The van der Waals surface area contributed by atoms with E-state index in [1.807, 2.05) is 17.5 Å². The van der Waals surface area contributed by atoms with E-state index in [-0.39, 0.29) is 18.0 Å². The summed E-state index contributed by atoms with van der Waals surface area (Å²) in [4.78, 5) is 25.7. The van der Waals surface area contributed by atoms with Crippen LogP contribution in [0.15, 0.2) is 46.0 Å². The van der Waals surface area contributed by atoms with Gasteiger partial charge in [-0.05, 0) is 35.2 Å². The van der Waals surface area contributed by atoms with E-state index >= 15 is 0 Å². The first-order valence-corrected chi connectivity index (χ1v) is 9.74. The fourth-order valence-corrected chi connectivity index (χ4v) is 3.60.